The lowest BCUT2D eigenvalue weighted by atomic mass is 10.0. The van der Waals surface area contributed by atoms with Crippen LogP contribution in [0.2, 0.25) is 0 Å². The van der Waals surface area contributed by atoms with Crippen LogP contribution in [0.15, 0.2) is 16.7 Å². The largest absolute Gasteiger partial charge is 0.461 e. The number of hydrogen-bond donors (Lipinski definition) is 2. The number of morpholine rings is 1. The lowest BCUT2D eigenvalue weighted by Crippen LogP contribution is -2.46. The highest BCUT2D eigenvalue weighted by atomic mass is 16.5. The highest BCUT2D eigenvalue weighted by molar-refractivity contribution is 6.03. The number of anilines is 2. The second-order valence-electron chi connectivity index (χ2n) is 6.84. The van der Waals surface area contributed by atoms with E-state index in [1.54, 1.807) is 13.0 Å². The molecule has 2 aromatic rings. The molecule has 1 fully saturated rings. The summed E-state index contributed by atoms with van der Waals surface area (Å²) in [7, 11) is 0. The Bertz CT molecular complexity index is 843. The molecule has 1 aliphatic heterocycles. The van der Waals surface area contributed by atoms with Crippen LogP contribution in [0, 0.1) is 11.3 Å². The van der Waals surface area contributed by atoms with E-state index in [1.165, 1.54) is 6.26 Å². The van der Waals surface area contributed by atoms with E-state index in [2.05, 4.69) is 11.4 Å². The summed E-state index contributed by atoms with van der Waals surface area (Å²) in [6.45, 7) is 7.15. The van der Waals surface area contributed by atoms with E-state index in [0.29, 0.717) is 53.1 Å². The highest BCUT2D eigenvalue weighted by Crippen LogP contribution is 2.37. The van der Waals surface area contributed by atoms with Crippen molar-refractivity contribution in [2.75, 3.05) is 29.9 Å². The lowest BCUT2D eigenvalue weighted by molar-refractivity contribution is -0.00526. The zero-order chi connectivity index (χ0) is 18.8. The standard InChI is InChI=1S/C19H23N3O4/c1-11(24)6-21-17-10-25-19-15(17)4-14(9-23)18(16(19)5-20)22-7-12(2)26-13(3)8-22/h4,9-13,21,24H,6-8H2,1-3H3/t11-,12-,13-/m1/s1. The number of carbonyl (C=O) groups is 1. The second kappa shape index (κ2) is 7.36. The number of nitriles is 1. The van der Waals surface area contributed by atoms with Gasteiger partial charge in [0.2, 0.25) is 0 Å². The van der Waals surface area contributed by atoms with E-state index in [4.69, 9.17) is 9.15 Å². The molecule has 0 bridgehead atoms. The molecule has 1 aromatic carbocycles. The molecule has 3 atom stereocenters. The summed E-state index contributed by atoms with van der Waals surface area (Å²) in [5.41, 5.74) is 2.46. The smallest absolute Gasteiger partial charge is 0.155 e. The van der Waals surface area contributed by atoms with Crippen LogP contribution in [0.25, 0.3) is 11.0 Å². The van der Waals surface area contributed by atoms with Crippen LogP contribution < -0.4 is 10.2 Å². The highest BCUT2D eigenvalue weighted by Gasteiger charge is 2.28. The van der Waals surface area contributed by atoms with E-state index in [1.807, 2.05) is 18.7 Å². The average molecular weight is 357 g/mol. The van der Waals surface area contributed by atoms with Crippen LogP contribution in [0.1, 0.15) is 36.7 Å². The van der Waals surface area contributed by atoms with Crippen molar-refractivity contribution in [3.05, 3.63) is 23.5 Å². The molecule has 0 spiro atoms. The summed E-state index contributed by atoms with van der Waals surface area (Å²) in [5, 5.41) is 23.0. The van der Waals surface area contributed by atoms with Gasteiger partial charge in [-0.1, -0.05) is 0 Å². The van der Waals surface area contributed by atoms with Gasteiger partial charge in [0.25, 0.3) is 0 Å². The predicted molar refractivity (Wildman–Crippen MR) is 98.7 cm³/mol. The number of rotatable bonds is 5. The zero-order valence-electron chi connectivity index (χ0n) is 15.2. The van der Waals surface area contributed by atoms with Crippen molar-refractivity contribution in [1.29, 1.82) is 5.26 Å². The molecular weight excluding hydrogens is 334 g/mol. The van der Waals surface area contributed by atoms with E-state index < -0.39 is 6.10 Å². The van der Waals surface area contributed by atoms with Gasteiger partial charge >= 0.3 is 0 Å². The average Bonchev–Trinajstić information content (AvgIpc) is 2.99. The maximum absolute atomic E-state index is 11.8. The SMILES string of the molecule is C[C@@H]1CN(c2c(C=O)cc3c(NC[C@@H](C)O)coc3c2C#N)C[C@@H](C)O1. The molecule has 0 unspecified atom stereocenters. The third-order valence-electron chi connectivity index (χ3n) is 4.43. The third-order valence-corrected chi connectivity index (χ3v) is 4.43. The van der Waals surface area contributed by atoms with Crippen molar-refractivity contribution in [2.24, 2.45) is 0 Å². The number of fused-ring (bicyclic) bond motifs is 1. The van der Waals surface area contributed by atoms with Crippen molar-refractivity contribution < 1.29 is 19.1 Å². The number of furan rings is 1. The predicted octanol–water partition coefficient (Wildman–Crippen LogP) is 2.52. The topological polar surface area (TPSA) is 98.7 Å². The molecule has 2 N–H and O–H groups in total. The first kappa shape index (κ1) is 18.2. The maximum Gasteiger partial charge on any atom is 0.155 e. The van der Waals surface area contributed by atoms with E-state index in [-0.39, 0.29) is 12.2 Å². The Morgan fingerprint density at radius 3 is 2.73 bits per heavy atom. The number of aliphatic hydroxyl groups is 1. The first-order chi connectivity index (χ1) is 12.4. The number of carbonyl (C=O) groups excluding carboxylic acids is 1. The van der Waals surface area contributed by atoms with Crippen molar-refractivity contribution in [3.63, 3.8) is 0 Å². The van der Waals surface area contributed by atoms with Gasteiger partial charge in [0.1, 0.15) is 17.9 Å². The first-order valence-electron chi connectivity index (χ1n) is 8.70. The molecule has 7 nitrogen and oxygen atoms in total. The van der Waals surface area contributed by atoms with Gasteiger partial charge in [-0.3, -0.25) is 4.79 Å². The van der Waals surface area contributed by atoms with Gasteiger partial charge in [-0.2, -0.15) is 5.26 Å². The van der Waals surface area contributed by atoms with E-state index in [0.717, 1.165) is 6.29 Å². The van der Waals surface area contributed by atoms with E-state index in [9.17, 15) is 15.2 Å². The van der Waals surface area contributed by atoms with Crippen molar-refractivity contribution >= 4 is 28.6 Å². The Morgan fingerprint density at radius 1 is 1.46 bits per heavy atom. The number of nitrogens with one attached hydrogen (secondary N) is 1. The fraction of sp³-hybridized carbons (Fsp3) is 0.474. The van der Waals surface area contributed by atoms with Gasteiger partial charge in [0.05, 0.1) is 29.7 Å². The molecule has 0 amide bonds. The van der Waals surface area contributed by atoms with Gasteiger partial charge in [-0.15, -0.1) is 0 Å². The molecule has 1 aromatic heterocycles. The Labute approximate surface area is 152 Å². The van der Waals surface area contributed by atoms with Gasteiger partial charge in [0.15, 0.2) is 11.9 Å². The second-order valence-corrected chi connectivity index (χ2v) is 6.84. The number of aldehydes is 1. The fourth-order valence-corrected chi connectivity index (χ4v) is 3.47. The Kier molecular flexibility index (Phi) is 5.16. The number of benzene rings is 1. The summed E-state index contributed by atoms with van der Waals surface area (Å²) in [6, 6.07) is 3.94. The van der Waals surface area contributed by atoms with Crippen molar-refractivity contribution in [3.8, 4) is 6.07 Å². The van der Waals surface area contributed by atoms with Crippen LogP contribution >= 0.6 is 0 Å². The fourth-order valence-electron chi connectivity index (χ4n) is 3.47. The molecule has 0 radical (unpaired) electrons. The molecule has 3 rings (SSSR count). The summed E-state index contributed by atoms with van der Waals surface area (Å²) >= 11 is 0. The van der Waals surface area contributed by atoms with Gasteiger partial charge in [-0.05, 0) is 26.8 Å². The van der Waals surface area contributed by atoms with Crippen LogP contribution in [-0.4, -0.2) is 49.3 Å². The molecule has 0 saturated carbocycles. The molecule has 1 aliphatic rings. The normalized spacial score (nSPS) is 21.4. The van der Waals surface area contributed by atoms with Gasteiger partial charge < -0.3 is 24.5 Å². The maximum atomic E-state index is 11.8. The summed E-state index contributed by atoms with van der Waals surface area (Å²) in [5.74, 6) is 0. The molecule has 138 valence electrons. The zero-order valence-corrected chi connectivity index (χ0v) is 15.2. The van der Waals surface area contributed by atoms with Crippen molar-refractivity contribution in [1.82, 2.24) is 0 Å². The number of aliphatic hydroxyl groups excluding tert-OH is 1. The Hall–Kier alpha value is -2.56. The molecule has 1 saturated heterocycles. The van der Waals surface area contributed by atoms with Crippen molar-refractivity contribution in [2.45, 2.75) is 39.1 Å². The number of hydrogen-bond acceptors (Lipinski definition) is 7. The third kappa shape index (κ3) is 3.39. The molecule has 26 heavy (non-hydrogen) atoms. The molecule has 2 heterocycles. The summed E-state index contributed by atoms with van der Waals surface area (Å²) < 4.78 is 11.4. The summed E-state index contributed by atoms with van der Waals surface area (Å²) in [4.78, 5) is 13.8. The van der Waals surface area contributed by atoms with Crippen LogP contribution in [0.3, 0.4) is 0 Å². The monoisotopic (exact) mass is 357 g/mol. The quantitative estimate of drug-likeness (QED) is 0.793. The minimum Gasteiger partial charge on any atom is -0.461 e. The van der Waals surface area contributed by atoms with Crippen LogP contribution in [0.4, 0.5) is 11.4 Å². The van der Waals surface area contributed by atoms with Crippen LogP contribution in [-0.2, 0) is 4.74 Å². The lowest BCUT2D eigenvalue weighted by Gasteiger charge is -2.37. The van der Waals surface area contributed by atoms with E-state index >= 15 is 0 Å². The van der Waals surface area contributed by atoms with Gasteiger partial charge in [-0.25, -0.2) is 0 Å². The minimum atomic E-state index is -0.531. The summed E-state index contributed by atoms with van der Waals surface area (Å²) in [6.07, 6.45) is 1.75. The Morgan fingerprint density at radius 2 is 2.15 bits per heavy atom. The number of ether oxygens (including phenoxy) is 1. The molecular formula is C19H23N3O4. The Balaban J connectivity index is 2.12. The van der Waals surface area contributed by atoms with Gasteiger partial charge in [0, 0.05) is 30.6 Å². The van der Waals surface area contributed by atoms with Crippen LogP contribution in [0.5, 0.6) is 0 Å². The number of nitrogens with zero attached hydrogens (tertiary/aromatic N) is 2. The molecule has 0 aliphatic carbocycles. The molecule has 7 heteroatoms. The minimum absolute atomic E-state index is 0.000335. The first-order valence-corrected chi connectivity index (χ1v) is 8.70.